The molecule has 0 unspecified atom stereocenters. The molecule has 2 N–H and O–H groups in total. The number of likely N-dealkylation sites (N-methyl/N-ethyl adjacent to an activating group) is 2. The topological polar surface area (TPSA) is 64.3 Å². The van der Waals surface area contributed by atoms with E-state index in [1.165, 1.54) is 6.07 Å². The Morgan fingerprint density at radius 3 is 2.27 bits per heavy atom. The molecule has 2 heterocycles. The number of halogens is 3. The van der Waals surface area contributed by atoms with Gasteiger partial charge in [-0.2, -0.15) is 13.2 Å². The van der Waals surface area contributed by atoms with Crippen LogP contribution in [0.4, 0.5) is 30.2 Å². The molecule has 37 heavy (non-hydrogen) atoms. The van der Waals surface area contributed by atoms with E-state index >= 15 is 0 Å². The lowest BCUT2D eigenvalue weighted by atomic mass is 10.1. The minimum Gasteiger partial charge on any atom is -0.373 e. The second kappa shape index (κ2) is 10.2. The van der Waals surface area contributed by atoms with Crippen molar-refractivity contribution in [1.29, 1.82) is 0 Å². The van der Waals surface area contributed by atoms with Crippen LogP contribution in [0.1, 0.15) is 5.56 Å². The molecule has 0 atom stereocenters. The van der Waals surface area contributed by atoms with Crippen molar-refractivity contribution in [3.63, 3.8) is 0 Å². The summed E-state index contributed by atoms with van der Waals surface area (Å²) in [5.74, 6) is 0. The third-order valence-electron chi connectivity index (χ3n) is 6.21. The van der Waals surface area contributed by atoms with Gasteiger partial charge in [-0.3, -0.25) is 0 Å². The highest BCUT2D eigenvalue weighted by Gasteiger charge is 2.32. The van der Waals surface area contributed by atoms with Gasteiger partial charge in [0.25, 0.3) is 0 Å². The molecule has 10 heteroatoms. The molecular formula is C27H31F3N5OP. The SMILES string of the molecule is CN(C)CCN(C)c1ccc(-c2cc3c(Nc4cc(C(F)(F)F)ccc4P(C)(C)=O)ccnc3[nH]2)cc1. The second-order valence-electron chi connectivity index (χ2n) is 9.78. The highest BCUT2D eigenvalue weighted by atomic mass is 31.2. The standard InChI is InChI=1S/C27H31F3N5OP/c1-34(2)14-15-35(3)20-9-6-18(7-10-20)23-17-21-22(12-13-31-26(21)33-23)32-24-16-19(27(28,29)30)8-11-25(24)37(4,5)36/h6-13,16-17H,14-15H2,1-5H3,(H2,31,32,33). The molecule has 2 aromatic carbocycles. The molecule has 196 valence electrons. The lowest BCUT2D eigenvalue weighted by Crippen LogP contribution is -2.28. The van der Waals surface area contributed by atoms with E-state index < -0.39 is 18.9 Å². The fraction of sp³-hybridized carbons (Fsp3) is 0.296. The average Bonchev–Trinajstić information content (AvgIpc) is 3.27. The lowest BCUT2D eigenvalue weighted by molar-refractivity contribution is -0.137. The number of hydrogen-bond acceptors (Lipinski definition) is 5. The molecule has 0 saturated heterocycles. The molecule has 0 aliphatic carbocycles. The molecule has 0 fully saturated rings. The second-order valence-corrected chi connectivity index (χ2v) is 13.0. The van der Waals surface area contributed by atoms with Gasteiger partial charge in [-0.05, 0) is 75.5 Å². The zero-order valence-corrected chi connectivity index (χ0v) is 22.4. The molecule has 0 radical (unpaired) electrons. The molecule has 2 aromatic heterocycles. The molecule has 0 amide bonds. The minimum absolute atomic E-state index is 0.170. The number of aromatic amines is 1. The van der Waals surface area contributed by atoms with E-state index in [9.17, 15) is 17.7 Å². The van der Waals surface area contributed by atoms with Crippen molar-refractivity contribution >= 4 is 40.5 Å². The van der Waals surface area contributed by atoms with Crippen LogP contribution in [0.2, 0.25) is 0 Å². The van der Waals surface area contributed by atoms with E-state index in [1.807, 2.05) is 32.3 Å². The Kier molecular flexibility index (Phi) is 7.40. The Bertz CT molecular complexity index is 1440. The van der Waals surface area contributed by atoms with Gasteiger partial charge in [0.05, 0.1) is 11.3 Å². The summed E-state index contributed by atoms with van der Waals surface area (Å²) in [5.41, 5.74) is 3.42. The first-order valence-electron chi connectivity index (χ1n) is 11.8. The monoisotopic (exact) mass is 529 g/mol. The molecule has 0 spiro atoms. The average molecular weight is 530 g/mol. The van der Waals surface area contributed by atoms with Crippen LogP contribution < -0.4 is 15.5 Å². The largest absolute Gasteiger partial charge is 0.416 e. The molecular weight excluding hydrogens is 498 g/mol. The predicted molar refractivity (Wildman–Crippen MR) is 147 cm³/mol. The molecule has 4 rings (SSSR count). The minimum atomic E-state index is -4.51. The molecule has 0 aliphatic heterocycles. The molecule has 4 aromatic rings. The normalized spacial score (nSPS) is 12.4. The van der Waals surface area contributed by atoms with Crippen molar-refractivity contribution in [2.45, 2.75) is 6.18 Å². The van der Waals surface area contributed by atoms with Crippen molar-refractivity contribution in [2.75, 3.05) is 57.8 Å². The molecule has 0 saturated carbocycles. The number of aromatic nitrogens is 2. The third-order valence-corrected chi connectivity index (χ3v) is 7.76. The van der Waals surface area contributed by atoms with Crippen LogP contribution in [0.15, 0.2) is 60.8 Å². The van der Waals surface area contributed by atoms with Crippen LogP contribution >= 0.6 is 7.14 Å². The first-order chi connectivity index (χ1) is 17.3. The maximum Gasteiger partial charge on any atom is 0.416 e. The zero-order valence-electron chi connectivity index (χ0n) is 21.5. The van der Waals surface area contributed by atoms with Gasteiger partial charge in [-0.1, -0.05) is 12.1 Å². The number of fused-ring (bicyclic) bond motifs is 1. The van der Waals surface area contributed by atoms with Crippen molar-refractivity contribution < 1.29 is 17.7 Å². The van der Waals surface area contributed by atoms with E-state index in [4.69, 9.17) is 0 Å². The van der Waals surface area contributed by atoms with Gasteiger partial charge in [-0.15, -0.1) is 0 Å². The molecule has 6 nitrogen and oxygen atoms in total. The first-order valence-corrected chi connectivity index (χ1v) is 14.4. The smallest absolute Gasteiger partial charge is 0.373 e. The van der Waals surface area contributed by atoms with Gasteiger partial charge >= 0.3 is 6.18 Å². The van der Waals surface area contributed by atoms with Crippen LogP contribution in [0.25, 0.3) is 22.3 Å². The predicted octanol–water partition coefficient (Wildman–Crippen LogP) is 6.24. The number of alkyl halides is 3. The van der Waals surface area contributed by atoms with Gasteiger partial charge in [0.1, 0.15) is 12.8 Å². The number of anilines is 3. The Labute approximate surface area is 214 Å². The van der Waals surface area contributed by atoms with Crippen LogP contribution in [-0.4, -0.2) is 62.4 Å². The fourth-order valence-corrected chi connectivity index (χ4v) is 5.23. The lowest BCUT2D eigenvalue weighted by Gasteiger charge is -2.21. The van der Waals surface area contributed by atoms with Crippen molar-refractivity contribution in [2.24, 2.45) is 0 Å². The highest BCUT2D eigenvalue weighted by molar-refractivity contribution is 7.70. The fourth-order valence-electron chi connectivity index (χ4n) is 4.09. The Hall–Kier alpha value is -3.29. The summed E-state index contributed by atoms with van der Waals surface area (Å²) in [6, 6.07) is 15.0. The van der Waals surface area contributed by atoms with Crippen LogP contribution in [0.3, 0.4) is 0 Å². The Morgan fingerprint density at radius 2 is 1.65 bits per heavy atom. The van der Waals surface area contributed by atoms with E-state index in [-0.39, 0.29) is 5.69 Å². The maximum atomic E-state index is 13.4. The van der Waals surface area contributed by atoms with Gasteiger partial charge < -0.3 is 24.7 Å². The number of rotatable bonds is 8. The Morgan fingerprint density at radius 1 is 0.946 bits per heavy atom. The number of hydrogen-bond donors (Lipinski definition) is 2. The van der Waals surface area contributed by atoms with E-state index in [0.29, 0.717) is 16.6 Å². The summed E-state index contributed by atoms with van der Waals surface area (Å²) in [6.07, 6.45) is -2.93. The number of pyridine rings is 1. The van der Waals surface area contributed by atoms with E-state index in [2.05, 4.69) is 44.3 Å². The van der Waals surface area contributed by atoms with Crippen LogP contribution in [-0.2, 0) is 10.7 Å². The summed E-state index contributed by atoms with van der Waals surface area (Å²) < 4.78 is 53.1. The first kappa shape index (κ1) is 26.8. The third kappa shape index (κ3) is 6.17. The quantitative estimate of drug-likeness (QED) is 0.265. The molecule has 0 bridgehead atoms. The maximum absolute atomic E-state index is 13.4. The van der Waals surface area contributed by atoms with Gasteiger partial charge in [0.15, 0.2) is 0 Å². The van der Waals surface area contributed by atoms with Gasteiger partial charge in [-0.25, -0.2) is 4.98 Å². The van der Waals surface area contributed by atoms with Crippen LogP contribution in [0, 0.1) is 0 Å². The van der Waals surface area contributed by atoms with E-state index in [1.54, 1.807) is 25.6 Å². The number of nitrogens with zero attached hydrogens (tertiary/aromatic N) is 3. The van der Waals surface area contributed by atoms with Crippen molar-refractivity contribution in [1.82, 2.24) is 14.9 Å². The van der Waals surface area contributed by atoms with Crippen LogP contribution in [0.5, 0.6) is 0 Å². The summed E-state index contributed by atoms with van der Waals surface area (Å²) in [5, 5.41) is 4.18. The van der Waals surface area contributed by atoms with E-state index in [0.717, 1.165) is 47.6 Å². The Balaban J connectivity index is 1.67. The zero-order chi connectivity index (χ0) is 27.0. The van der Waals surface area contributed by atoms with Crippen molar-refractivity contribution in [3.8, 4) is 11.3 Å². The number of benzene rings is 2. The summed E-state index contributed by atoms with van der Waals surface area (Å²) in [4.78, 5) is 12.0. The summed E-state index contributed by atoms with van der Waals surface area (Å²) >= 11 is 0. The number of H-pyrrole nitrogens is 1. The van der Waals surface area contributed by atoms with Gasteiger partial charge in [0.2, 0.25) is 0 Å². The van der Waals surface area contributed by atoms with Gasteiger partial charge in [0, 0.05) is 54.1 Å². The highest BCUT2D eigenvalue weighted by Crippen LogP contribution is 2.41. The molecule has 0 aliphatic rings. The summed E-state index contributed by atoms with van der Waals surface area (Å²) in [6.45, 7) is 4.93. The number of nitrogens with one attached hydrogen (secondary N) is 2. The van der Waals surface area contributed by atoms with Crippen molar-refractivity contribution in [3.05, 3.63) is 66.4 Å². The summed E-state index contributed by atoms with van der Waals surface area (Å²) in [7, 11) is 3.29.